The number of amides is 1. The smallest absolute Gasteiger partial charge is 0.326 e. The summed E-state index contributed by atoms with van der Waals surface area (Å²) in [4.78, 5) is 13.3. The number of nitrogens with zero attached hydrogens (tertiary/aromatic N) is 2. The van der Waals surface area contributed by atoms with Gasteiger partial charge in [-0.15, -0.1) is 0 Å². The number of carbonyl (C=O) groups is 1. The number of benzene rings is 2. The van der Waals surface area contributed by atoms with Gasteiger partial charge in [0.25, 0.3) is 5.91 Å². The molecule has 0 saturated heterocycles. The summed E-state index contributed by atoms with van der Waals surface area (Å²) in [7, 11) is 0. The second-order valence-corrected chi connectivity index (χ2v) is 9.58. The minimum atomic E-state index is -4.79. The Kier molecular flexibility index (Phi) is 9.01. The summed E-state index contributed by atoms with van der Waals surface area (Å²) in [6, 6.07) is 11.0. The number of carbonyl (C=O) groups excluding carboxylic acids is 1. The van der Waals surface area contributed by atoms with Crippen molar-refractivity contribution < 1.29 is 22.4 Å². The second-order valence-electron chi connectivity index (χ2n) is 9.58. The minimum absolute atomic E-state index is 0.145. The molecule has 1 aromatic heterocycles. The van der Waals surface area contributed by atoms with Crippen molar-refractivity contribution in [1.29, 1.82) is 0 Å². The Morgan fingerprint density at radius 3 is 2.65 bits per heavy atom. The number of aromatic nitrogens is 2. The highest BCUT2D eigenvalue weighted by molar-refractivity contribution is 6.03. The summed E-state index contributed by atoms with van der Waals surface area (Å²) in [5.41, 5.74) is 6.26. The molecule has 3 aromatic rings. The Morgan fingerprint density at radius 1 is 1.23 bits per heavy atom. The molecule has 1 aliphatic carbocycles. The third-order valence-corrected chi connectivity index (χ3v) is 6.51. The lowest BCUT2D eigenvalue weighted by Crippen LogP contribution is -2.25. The van der Waals surface area contributed by atoms with E-state index in [4.69, 9.17) is 5.73 Å². The molecule has 1 amide bonds. The maximum absolute atomic E-state index is 15.0. The van der Waals surface area contributed by atoms with Crippen LogP contribution in [0.3, 0.4) is 0 Å². The SMILES string of the molecule is C=C/C=C(\C=C/C)C(NCC1CC1)c1ccc(F)c(NC(=O)c2cc(C(F)(F)F)nn2-c2cccc(CN)c2)c1. The normalized spacial score (nSPS) is 14.9. The molecule has 0 spiro atoms. The zero-order chi connectivity index (χ0) is 28.9. The molecule has 1 aliphatic rings. The van der Waals surface area contributed by atoms with Crippen molar-refractivity contribution in [2.24, 2.45) is 11.7 Å². The first-order chi connectivity index (χ1) is 19.1. The van der Waals surface area contributed by atoms with E-state index in [1.165, 1.54) is 24.3 Å². The van der Waals surface area contributed by atoms with Crippen LogP contribution in [-0.4, -0.2) is 22.2 Å². The molecule has 0 bridgehead atoms. The molecule has 0 radical (unpaired) electrons. The molecule has 0 aliphatic heterocycles. The van der Waals surface area contributed by atoms with Crippen molar-refractivity contribution >= 4 is 11.6 Å². The van der Waals surface area contributed by atoms with Crippen LogP contribution in [0.1, 0.15) is 53.1 Å². The molecule has 10 heteroatoms. The van der Waals surface area contributed by atoms with E-state index in [9.17, 15) is 22.4 Å². The summed E-state index contributed by atoms with van der Waals surface area (Å²) >= 11 is 0. The lowest BCUT2D eigenvalue weighted by Gasteiger charge is -2.22. The van der Waals surface area contributed by atoms with Crippen LogP contribution in [0.25, 0.3) is 5.69 Å². The van der Waals surface area contributed by atoms with Gasteiger partial charge in [0.2, 0.25) is 0 Å². The van der Waals surface area contributed by atoms with Crippen molar-refractivity contribution in [3.05, 3.63) is 113 Å². The Bertz CT molecular complexity index is 1440. The molecule has 40 heavy (non-hydrogen) atoms. The summed E-state index contributed by atoms with van der Waals surface area (Å²) in [5.74, 6) is -1.11. The molecule has 1 saturated carbocycles. The van der Waals surface area contributed by atoms with Gasteiger partial charge in [0.1, 0.15) is 11.5 Å². The van der Waals surface area contributed by atoms with E-state index in [-0.39, 0.29) is 24.0 Å². The summed E-state index contributed by atoms with van der Waals surface area (Å²) < 4.78 is 56.5. The Morgan fingerprint density at radius 2 is 2.00 bits per heavy atom. The van der Waals surface area contributed by atoms with Crippen molar-refractivity contribution in [3.8, 4) is 5.69 Å². The van der Waals surface area contributed by atoms with Gasteiger partial charge >= 0.3 is 6.18 Å². The minimum Gasteiger partial charge on any atom is -0.326 e. The first-order valence-electron chi connectivity index (χ1n) is 12.9. The van der Waals surface area contributed by atoms with Crippen LogP contribution >= 0.6 is 0 Å². The number of rotatable bonds is 11. The van der Waals surface area contributed by atoms with E-state index in [2.05, 4.69) is 22.3 Å². The molecule has 1 atom stereocenters. The largest absolute Gasteiger partial charge is 0.435 e. The summed E-state index contributed by atoms with van der Waals surface area (Å²) in [6.07, 6.45) is 4.78. The van der Waals surface area contributed by atoms with E-state index in [1.807, 2.05) is 25.2 Å². The number of anilines is 1. The van der Waals surface area contributed by atoms with Crippen molar-refractivity contribution in [2.75, 3.05) is 11.9 Å². The Hall–Kier alpha value is -4.02. The molecule has 1 heterocycles. The van der Waals surface area contributed by atoms with Crippen molar-refractivity contribution in [3.63, 3.8) is 0 Å². The second kappa shape index (κ2) is 12.4. The zero-order valence-electron chi connectivity index (χ0n) is 22.0. The van der Waals surface area contributed by atoms with Gasteiger partial charge in [-0.25, -0.2) is 9.07 Å². The molecule has 4 N–H and O–H groups in total. The maximum Gasteiger partial charge on any atom is 0.435 e. The number of nitrogens with one attached hydrogen (secondary N) is 2. The first-order valence-corrected chi connectivity index (χ1v) is 12.9. The highest BCUT2D eigenvalue weighted by Crippen LogP contribution is 2.33. The summed E-state index contributed by atoms with van der Waals surface area (Å²) in [5, 5.41) is 9.59. The van der Waals surface area contributed by atoms with Crippen molar-refractivity contribution in [2.45, 2.75) is 38.5 Å². The molecule has 6 nitrogen and oxygen atoms in total. The fraction of sp³-hybridized carbons (Fsp3) is 0.267. The van der Waals surface area contributed by atoms with Gasteiger partial charge in [-0.3, -0.25) is 4.79 Å². The molecule has 1 unspecified atom stereocenters. The van der Waals surface area contributed by atoms with E-state index < -0.39 is 29.3 Å². The van der Waals surface area contributed by atoms with Crippen LogP contribution in [0.5, 0.6) is 0 Å². The van der Waals surface area contributed by atoms with Crippen LogP contribution in [0.4, 0.5) is 23.2 Å². The summed E-state index contributed by atoms with van der Waals surface area (Å²) in [6.45, 7) is 6.57. The molecule has 210 valence electrons. The quantitative estimate of drug-likeness (QED) is 0.188. The predicted molar refractivity (Wildman–Crippen MR) is 147 cm³/mol. The number of allylic oxidation sites excluding steroid dienone is 3. The van der Waals surface area contributed by atoms with E-state index >= 15 is 0 Å². The lowest BCUT2D eigenvalue weighted by atomic mass is 9.96. The number of nitrogens with two attached hydrogens (primary N) is 1. The van der Waals surface area contributed by atoms with Gasteiger partial charge in [0, 0.05) is 12.6 Å². The monoisotopic (exact) mass is 553 g/mol. The highest BCUT2D eigenvalue weighted by atomic mass is 19.4. The van der Waals surface area contributed by atoms with Crippen LogP contribution in [0.15, 0.2) is 85.0 Å². The number of alkyl halides is 3. The Labute approximate surface area is 230 Å². The molecular weight excluding hydrogens is 522 g/mol. The standard InChI is InChI=1S/C30H31F4N5O/c1-3-6-21(7-4-2)28(36-18-19-10-11-19)22-12-13-24(31)25(15-22)37-29(40)26-16-27(30(32,33)34)38-39(26)23-9-5-8-20(14-23)17-35/h3-9,12-16,19,28,36H,1,10-11,17-18,35H2,2H3,(H,37,40)/b7-4-,21-6+. The van der Waals surface area contributed by atoms with Gasteiger partial charge in [-0.1, -0.05) is 49.1 Å². The van der Waals surface area contributed by atoms with E-state index in [0.717, 1.165) is 29.6 Å². The molecule has 4 rings (SSSR count). The van der Waals surface area contributed by atoms with Crippen LogP contribution in [-0.2, 0) is 12.7 Å². The van der Waals surface area contributed by atoms with Crippen LogP contribution in [0.2, 0.25) is 0 Å². The maximum atomic E-state index is 15.0. The first kappa shape index (κ1) is 29.0. The van der Waals surface area contributed by atoms with Gasteiger partial charge in [0.15, 0.2) is 5.69 Å². The highest BCUT2D eigenvalue weighted by Gasteiger charge is 2.36. The third kappa shape index (κ3) is 6.94. The number of hydrogen-bond acceptors (Lipinski definition) is 4. The zero-order valence-corrected chi connectivity index (χ0v) is 22.0. The molecule has 1 fully saturated rings. The van der Waals surface area contributed by atoms with Crippen LogP contribution < -0.4 is 16.4 Å². The predicted octanol–water partition coefficient (Wildman–Crippen LogP) is 6.47. The van der Waals surface area contributed by atoms with Crippen LogP contribution in [0, 0.1) is 11.7 Å². The van der Waals surface area contributed by atoms with Crippen molar-refractivity contribution in [1.82, 2.24) is 15.1 Å². The van der Waals surface area contributed by atoms with Gasteiger partial charge < -0.3 is 16.4 Å². The third-order valence-electron chi connectivity index (χ3n) is 6.51. The van der Waals surface area contributed by atoms with E-state index in [1.54, 1.807) is 24.3 Å². The van der Waals surface area contributed by atoms with Gasteiger partial charge in [-0.2, -0.15) is 18.3 Å². The fourth-order valence-corrected chi connectivity index (χ4v) is 4.31. The molecular formula is C30H31F4N5O. The average molecular weight is 554 g/mol. The van der Waals surface area contributed by atoms with Gasteiger partial charge in [0.05, 0.1) is 17.4 Å². The number of hydrogen-bond donors (Lipinski definition) is 3. The van der Waals surface area contributed by atoms with Gasteiger partial charge in [-0.05, 0) is 73.2 Å². The Balaban J connectivity index is 1.70. The number of halogens is 4. The lowest BCUT2D eigenvalue weighted by molar-refractivity contribution is -0.141. The fourth-order valence-electron chi connectivity index (χ4n) is 4.31. The average Bonchev–Trinajstić information content (AvgIpc) is 3.63. The topological polar surface area (TPSA) is 85.0 Å². The van der Waals surface area contributed by atoms with E-state index in [0.29, 0.717) is 23.1 Å². The molecule has 2 aromatic carbocycles.